The summed E-state index contributed by atoms with van der Waals surface area (Å²) in [6, 6.07) is 19.3. The van der Waals surface area contributed by atoms with Gasteiger partial charge in [-0.1, -0.05) is 61.8 Å². The minimum absolute atomic E-state index is 0.00297. The van der Waals surface area contributed by atoms with Crippen molar-refractivity contribution in [3.8, 4) is 0 Å². The SMILES string of the molecule is CC(C)Cn1c(CN(Cc2ccco2)C(=O)c2cccc(Cl)c2)cnc1S(=O)(=O)Cc1ccccc1. The van der Waals surface area contributed by atoms with Gasteiger partial charge in [0, 0.05) is 17.1 Å². The molecule has 0 fully saturated rings. The van der Waals surface area contributed by atoms with E-state index in [0.29, 0.717) is 34.1 Å². The predicted molar refractivity (Wildman–Crippen MR) is 138 cm³/mol. The van der Waals surface area contributed by atoms with E-state index in [2.05, 4.69) is 4.98 Å². The van der Waals surface area contributed by atoms with Gasteiger partial charge in [0.15, 0.2) is 0 Å². The molecule has 2 aromatic heterocycles. The van der Waals surface area contributed by atoms with Gasteiger partial charge in [0.1, 0.15) is 5.76 Å². The number of aromatic nitrogens is 2. The molecule has 0 aliphatic heterocycles. The first-order valence-electron chi connectivity index (χ1n) is 11.6. The van der Waals surface area contributed by atoms with Crippen molar-refractivity contribution in [1.82, 2.24) is 14.5 Å². The monoisotopic (exact) mass is 525 g/mol. The number of imidazole rings is 1. The number of sulfone groups is 1. The fourth-order valence-electron chi connectivity index (χ4n) is 3.97. The van der Waals surface area contributed by atoms with Gasteiger partial charge in [-0.15, -0.1) is 0 Å². The highest BCUT2D eigenvalue weighted by molar-refractivity contribution is 7.90. The summed E-state index contributed by atoms with van der Waals surface area (Å²) in [5, 5.41) is 0.459. The van der Waals surface area contributed by atoms with Crippen LogP contribution in [-0.4, -0.2) is 28.8 Å². The number of carbonyl (C=O) groups is 1. The molecule has 2 heterocycles. The number of amides is 1. The number of rotatable bonds is 10. The van der Waals surface area contributed by atoms with Gasteiger partial charge in [-0.05, 0) is 41.8 Å². The molecule has 0 spiro atoms. The second kappa shape index (κ2) is 11.1. The first kappa shape index (κ1) is 25.7. The van der Waals surface area contributed by atoms with Crippen LogP contribution in [0.25, 0.3) is 0 Å². The summed E-state index contributed by atoms with van der Waals surface area (Å²) in [5.41, 5.74) is 1.74. The van der Waals surface area contributed by atoms with Gasteiger partial charge < -0.3 is 13.9 Å². The first-order chi connectivity index (χ1) is 17.2. The van der Waals surface area contributed by atoms with Gasteiger partial charge in [-0.3, -0.25) is 4.79 Å². The van der Waals surface area contributed by atoms with E-state index < -0.39 is 9.84 Å². The molecule has 9 heteroatoms. The molecule has 0 atom stereocenters. The van der Waals surface area contributed by atoms with Crippen molar-refractivity contribution in [2.24, 2.45) is 5.92 Å². The van der Waals surface area contributed by atoms with Gasteiger partial charge in [0.25, 0.3) is 5.91 Å². The summed E-state index contributed by atoms with van der Waals surface area (Å²) >= 11 is 6.13. The lowest BCUT2D eigenvalue weighted by molar-refractivity contribution is 0.0712. The van der Waals surface area contributed by atoms with Crippen LogP contribution in [0, 0.1) is 5.92 Å². The van der Waals surface area contributed by atoms with E-state index in [-0.39, 0.29) is 35.8 Å². The Morgan fingerprint density at radius 1 is 1.06 bits per heavy atom. The summed E-state index contributed by atoms with van der Waals surface area (Å²) in [4.78, 5) is 19.4. The van der Waals surface area contributed by atoms with Crippen molar-refractivity contribution in [3.05, 3.63) is 107 Å². The van der Waals surface area contributed by atoms with E-state index in [1.54, 1.807) is 70.5 Å². The predicted octanol–water partition coefficient (Wildman–Crippen LogP) is 5.60. The lowest BCUT2D eigenvalue weighted by Crippen LogP contribution is -2.31. The van der Waals surface area contributed by atoms with Crippen LogP contribution in [0.4, 0.5) is 0 Å². The molecule has 7 nitrogen and oxygen atoms in total. The number of benzene rings is 2. The molecule has 0 saturated carbocycles. The zero-order chi connectivity index (χ0) is 25.7. The molecule has 0 saturated heterocycles. The quantitative estimate of drug-likeness (QED) is 0.269. The average Bonchev–Trinajstić information content (AvgIpc) is 3.49. The second-order valence-electron chi connectivity index (χ2n) is 9.03. The Bertz CT molecular complexity index is 1410. The minimum atomic E-state index is -3.72. The Morgan fingerprint density at radius 3 is 2.50 bits per heavy atom. The molecule has 0 unspecified atom stereocenters. The number of hydrogen-bond donors (Lipinski definition) is 0. The smallest absolute Gasteiger partial charge is 0.254 e. The maximum atomic E-state index is 13.5. The fourth-order valence-corrected chi connectivity index (χ4v) is 5.67. The molecule has 188 valence electrons. The van der Waals surface area contributed by atoms with Crippen molar-refractivity contribution in [2.75, 3.05) is 0 Å². The summed E-state index contributed by atoms with van der Waals surface area (Å²) in [6.07, 6.45) is 3.09. The van der Waals surface area contributed by atoms with Crippen molar-refractivity contribution in [2.45, 2.75) is 44.4 Å². The molecule has 36 heavy (non-hydrogen) atoms. The number of nitrogens with zero attached hydrogens (tertiary/aromatic N) is 3. The van der Waals surface area contributed by atoms with Crippen LogP contribution >= 0.6 is 11.6 Å². The molecule has 0 radical (unpaired) electrons. The molecule has 1 amide bonds. The van der Waals surface area contributed by atoms with Crippen molar-refractivity contribution >= 4 is 27.3 Å². The molecular weight excluding hydrogens is 498 g/mol. The summed E-state index contributed by atoms with van der Waals surface area (Å²) in [7, 11) is -3.72. The number of carbonyl (C=O) groups excluding carboxylic acids is 1. The average molecular weight is 526 g/mol. The normalized spacial score (nSPS) is 11.7. The van der Waals surface area contributed by atoms with Crippen molar-refractivity contribution < 1.29 is 17.6 Å². The van der Waals surface area contributed by atoms with E-state index in [9.17, 15) is 13.2 Å². The van der Waals surface area contributed by atoms with E-state index in [1.807, 2.05) is 32.0 Å². The van der Waals surface area contributed by atoms with Crippen LogP contribution in [0.3, 0.4) is 0 Å². The Kier molecular flexibility index (Phi) is 7.96. The van der Waals surface area contributed by atoms with Crippen LogP contribution in [-0.2, 0) is 35.2 Å². The van der Waals surface area contributed by atoms with Crippen LogP contribution in [0.1, 0.15) is 41.2 Å². The highest BCUT2D eigenvalue weighted by atomic mass is 35.5. The Labute approximate surface area is 216 Å². The molecule has 4 aromatic rings. The Balaban J connectivity index is 1.69. The number of hydrogen-bond acceptors (Lipinski definition) is 5. The van der Waals surface area contributed by atoms with Crippen LogP contribution in [0.2, 0.25) is 5.02 Å². The van der Waals surface area contributed by atoms with E-state index >= 15 is 0 Å². The molecule has 0 aliphatic rings. The van der Waals surface area contributed by atoms with Gasteiger partial charge in [0.05, 0.1) is 37.0 Å². The number of halogens is 1. The first-order valence-corrected chi connectivity index (χ1v) is 13.6. The lowest BCUT2D eigenvalue weighted by Gasteiger charge is -2.23. The van der Waals surface area contributed by atoms with Crippen LogP contribution in [0.5, 0.6) is 0 Å². The second-order valence-corrected chi connectivity index (χ2v) is 11.4. The van der Waals surface area contributed by atoms with Gasteiger partial charge in [-0.2, -0.15) is 0 Å². The molecule has 2 aromatic carbocycles. The van der Waals surface area contributed by atoms with Gasteiger partial charge in [-0.25, -0.2) is 13.4 Å². The maximum Gasteiger partial charge on any atom is 0.254 e. The zero-order valence-electron chi connectivity index (χ0n) is 20.2. The van der Waals surface area contributed by atoms with Crippen molar-refractivity contribution in [3.63, 3.8) is 0 Å². The summed E-state index contributed by atoms with van der Waals surface area (Å²) in [5.74, 6) is 0.364. The largest absolute Gasteiger partial charge is 0.467 e. The Hall–Kier alpha value is -3.36. The van der Waals surface area contributed by atoms with Crippen LogP contribution in [0.15, 0.2) is 88.8 Å². The van der Waals surface area contributed by atoms with E-state index in [0.717, 1.165) is 0 Å². The molecule has 0 N–H and O–H groups in total. The van der Waals surface area contributed by atoms with E-state index in [4.69, 9.17) is 16.0 Å². The topological polar surface area (TPSA) is 85.4 Å². The summed E-state index contributed by atoms with van der Waals surface area (Å²) < 4.78 is 33.9. The van der Waals surface area contributed by atoms with Gasteiger partial charge >= 0.3 is 0 Å². The number of furan rings is 1. The third-order valence-electron chi connectivity index (χ3n) is 5.57. The summed E-state index contributed by atoms with van der Waals surface area (Å²) in [6.45, 7) is 4.81. The zero-order valence-corrected chi connectivity index (χ0v) is 21.7. The lowest BCUT2D eigenvalue weighted by atomic mass is 10.2. The fraction of sp³-hybridized carbons (Fsp3) is 0.259. The highest BCUT2D eigenvalue weighted by Crippen LogP contribution is 2.22. The van der Waals surface area contributed by atoms with Gasteiger partial charge in [0.2, 0.25) is 15.0 Å². The molecule has 4 rings (SSSR count). The standard InChI is InChI=1S/C27H28ClN3O4S/c1-20(2)16-31-24(15-29-27(31)36(33,34)19-21-8-4-3-5-9-21)17-30(18-25-12-7-13-35-25)26(32)22-10-6-11-23(28)14-22/h3-15,20H,16-19H2,1-2H3. The Morgan fingerprint density at radius 2 is 1.83 bits per heavy atom. The molecule has 0 aliphatic carbocycles. The molecular formula is C27H28ClN3O4S. The minimum Gasteiger partial charge on any atom is -0.467 e. The highest BCUT2D eigenvalue weighted by Gasteiger charge is 2.27. The third kappa shape index (κ3) is 6.25. The van der Waals surface area contributed by atoms with E-state index in [1.165, 1.54) is 0 Å². The maximum absolute atomic E-state index is 13.5. The van der Waals surface area contributed by atoms with Crippen molar-refractivity contribution in [1.29, 1.82) is 0 Å². The third-order valence-corrected chi connectivity index (χ3v) is 7.40. The molecule has 0 bridgehead atoms. The van der Waals surface area contributed by atoms with Crippen LogP contribution < -0.4 is 0 Å².